The van der Waals surface area contributed by atoms with Crippen LogP contribution < -0.4 is 10.6 Å². The molecule has 2 fully saturated rings. The van der Waals surface area contributed by atoms with Crippen LogP contribution in [0.5, 0.6) is 0 Å². The van der Waals surface area contributed by atoms with Crippen LogP contribution in [0.4, 0.5) is 5.69 Å². The van der Waals surface area contributed by atoms with Crippen molar-refractivity contribution in [1.29, 1.82) is 0 Å². The first-order valence-electron chi connectivity index (χ1n) is 11.9. The Morgan fingerprint density at radius 1 is 1.24 bits per heavy atom. The fourth-order valence-electron chi connectivity index (χ4n) is 5.51. The quantitative estimate of drug-likeness (QED) is 0.333. The summed E-state index contributed by atoms with van der Waals surface area (Å²) in [7, 11) is 0. The third-order valence-corrected chi connectivity index (χ3v) is 8.73. The van der Waals surface area contributed by atoms with Crippen molar-refractivity contribution in [3.05, 3.63) is 46.6 Å². The van der Waals surface area contributed by atoms with Gasteiger partial charge in [0.1, 0.15) is 5.70 Å². The molecule has 194 valence electrons. The number of anilines is 1. The molecule has 1 aromatic heterocycles. The smallest absolute Gasteiger partial charge is 0.353 e. The number of fused-ring (bicyclic) bond motifs is 2. The van der Waals surface area contributed by atoms with Crippen LogP contribution in [0.1, 0.15) is 30.6 Å². The number of hydrogen-bond donors (Lipinski definition) is 5. The van der Waals surface area contributed by atoms with Crippen LogP contribution >= 0.6 is 11.8 Å². The average Bonchev–Trinajstić information content (AvgIpc) is 3.40. The predicted octanol–water partition coefficient (Wildman–Crippen LogP) is 1.49. The monoisotopic (exact) mass is 526 g/mol. The predicted molar refractivity (Wildman–Crippen MR) is 135 cm³/mol. The number of carbonyl (C=O) groups is 4. The highest BCUT2D eigenvalue weighted by Gasteiger charge is 2.60. The molecule has 2 aromatic rings. The van der Waals surface area contributed by atoms with Crippen LogP contribution in [0.15, 0.2) is 41.1 Å². The maximum atomic E-state index is 13.0. The number of aromatic carboxylic acids is 1. The lowest BCUT2D eigenvalue weighted by atomic mass is 9.79. The highest BCUT2D eigenvalue weighted by atomic mass is 32.2. The molecule has 12 heteroatoms. The number of nitrogens with zero attached hydrogens (tertiary/aromatic N) is 2. The largest absolute Gasteiger partial charge is 0.478 e. The number of benzene rings is 1. The summed E-state index contributed by atoms with van der Waals surface area (Å²) in [5.74, 6) is -3.92. The number of carbonyl (C=O) groups excluding carboxylic acids is 2. The van der Waals surface area contributed by atoms with Gasteiger partial charge in [-0.05, 0) is 31.5 Å². The first-order valence-corrected chi connectivity index (χ1v) is 12.8. The Bertz CT molecular complexity index is 1360. The summed E-state index contributed by atoms with van der Waals surface area (Å²) >= 11 is 1.35. The van der Waals surface area contributed by atoms with Gasteiger partial charge in [0.05, 0.1) is 35.2 Å². The molecule has 0 radical (unpaired) electrons. The lowest BCUT2D eigenvalue weighted by molar-refractivity contribution is -0.163. The second-order valence-electron chi connectivity index (χ2n) is 9.60. The minimum Gasteiger partial charge on any atom is -0.478 e. The second-order valence-corrected chi connectivity index (χ2v) is 10.9. The highest BCUT2D eigenvalue weighted by Crippen LogP contribution is 2.51. The standard InChI is InChI=1S/C25H26N4O7S/c1-10-19-17(11(2)30)23(32)29(19)20(25(35)36)21(10)37-14-8-16(27-9-14)22(31)28-13-6-12-4-3-5-26-18(12)15(7-13)24(33)34/h3-7,10-11,14,16-17,19,27,30H,8-9H2,1-2H3,(H,28,31)(H,33,34)(H,35,36)/t10-,11-,14+,16+,17-,19-/m1/s1. The molecule has 1 aromatic carbocycles. The van der Waals surface area contributed by atoms with E-state index < -0.39 is 30.0 Å². The van der Waals surface area contributed by atoms with E-state index in [0.717, 1.165) is 0 Å². The van der Waals surface area contributed by atoms with Crippen molar-refractivity contribution in [3.63, 3.8) is 0 Å². The molecule has 2 amide bonds. The van der Waals surface area contributed by atoms with E-state index in [1.165, 1.54) is 35.8 Å². The fraction of sp³-hybridized carbons (Fsp3) is 0.400. The van der Waals surface area contributed by atoms with Crippen LogP contribution in [-0.2, 0) is 14.4 Å². The second kappa shape index (κ2) is 9.43. The fourth-order valence-corrected chi connectivity index (χ4v) is 6.99. The Balaban J connectivity index is 1.29. The van der Waals surface area contributed by atoms with E-state index in [4.69, 9.17) is 0 Å². The van der Waals surface area contributed by atoms with Gasteiger partial charge in [-0.25, -0.2) is 9.59 Å². The maximum absolute atomic E-state index is 13.0. The van der Waals surface area contributed by atoms with Crippen molar-refractivity contribution in [2.24, 2.45) is 11.8 Å². The van der Waals surface area contributed by atoms with Gasteiger partial charge in [0.2, 0.25) is 11.8 Å². The maximum Gasteiger partial charge on any atom is 0.353 e. The van der Waals surface area contributed by atoms with Crippen LogP contribution in [0.25, 0.3) is 10.9 Å². The van der Waals surface area contributed by atoms with E-state index >= 15 is 0 Å². The Hall–Kier alpha value is -3.48. The van der Waals surface area contributed by atoms with Gasteiger partial charge in [-0.15, -0.1) is 11.8 Å². The molecular weight excluding hydrogens is 500 g/mol. The summed E-state index contributed by atoms with van der Waals surface area (Å²) in [4.78, 5) is 55.3. The number of nitrogens with one attached hydrogen (secondary N) is 2. The van der Waals surface area contributed by atoms with Crippen molar-refractivity contribution in [1.82, 2.24) is 15.2 Å². The minimum atomic E-state index is -1.19. The zero-order chi connectivity index (χ0) is 26.6. The lowest BCUT2D eigenvalue weighted by Crippen LogP contribution is -2.63. The molecule has 37 heavy (non-hydrogen) atoms. The van der Waals surface area contributed by atoms with E-state index in [9.17, 15) is 34.5 Å². The summed E-state index contributed by atoms with van der Waals surface area (Å²) in [5, 5.41) is 35.8. The van der Waals surface area contributed by atoms with Crippen molar-refractivity contribution < 1.29 is 34.5 Å². The van der Waals surface area contributed by atoms with Crippen LogP contribution in [0, 0.1) is 11.8 Å². The Labute approximate surface area is 215 Å². The number of aliphatic hydroxyl groups is 1. The molecule has 4 heterocycles. The SMILES string of the molecule is C[C@@H](O)[C@H]1C(=O)N2C(C(=O)O)=C(S[C@@H]3CN[C@H](C(=O)Nc4cc(C(=O)O)c5ncccc5c4)C3)[C@H](C)[C@H]12. The highest BCUT2D eigenvalue weighted by molar-refractivity contribution is 8.03. The van der Waals surface area contributed by atoms with Crippen molar-refractivity contribution in [3.8, 4) is 0 Å². The number of aliphatic hydroxyl groups excluding tert-OH is 1. The van der Waals surface area contributed by atoms with Gasteiger partial charge in [0.15, 0.2) is 0 Å². The molecule has 0 saturated carbocycles. The number of hydrogen-bond acceptors (Lipinski definition) is 8. The average molecular weight is 527 g/mol. The molecule has 2 saturated heterocycles. The van der Waals surface area contributed by atoms with Gasteiger partial charge in [-0.3, -0.25) is 14.6 Å². The molecule has 3 aliphatic heterocycles. The summed E-state index contributed by atoms with van der Waals surface area (Å²) in [6, 6.07) is 5.49. The number of thioether (sulfide) groups is 1. The number of pyridine rings is 1. The molecular formula is C25H26N4O7S. The number of carboxylic acid groups (broad SMARTS) is 2. The van der Waals surface area contributed by atoms with Gasteiger partial charge in [0.25, 0.3) is 0 Å². The molecule has 0 spiro atoms. The summed E-state index contributed by atoms with van der Waals surface area (Å²) in [6.07, 6.45) is 1.05. The number of carboxylic acids is 2. The molecule has 6 atom stereocenters. The third kappa shape index (κ3) is 4.24. The number of rotatable bonds is 7. The van der Waals surface area contributed by atoms with Crippen LogP contribution in [0.2, 0.25) is 0 Å². The van der Waals surface area contributed by atoms with Crippen molar-refractivity contribution in [2.75, 3.05) is 11.9 Å². The number of β-lactam (4-membered cyclic amide) rings is 1. The molecule has 3 aliphatic rings. The van der Waals surface area contributed by atoms with Gasteiger partial charge in [0, 0.05) is 39.9 Å². The summed E-state index contributed by atoms with van der Waals surface area (Å²) in [6.45, 7) is 3.85. The Morgan fingerprint density at radius 3 is 2.68 bits per heavy atom. The zero-order valence-electron chi connectivity index (χ0n) is 20.0. The normalized spacial score (nSPS) is 27.7. The van der Waals surface area contributed by atoms with Crippen molar-refractivity contribution in [2.45, 2.75) is 43.7 Å². The minimum absolute atomic E-state index is 0.0146. The lowest BCUT2D eigenvalue weighted by Gasteiger charge is -2.46. The van der Waals surface area contributed by atoms with E-state index in [1.54, 1.807) is 18.2 Å². The number of aromatic nitrogens is 1. The van der Waals surface area contributed by atoms with Gasteiger partial charge >= 0.3 is 11.9 Å². The number of aliphatic carboxylic acids is 1. The van der Waals surface area contributed by atoms with E-state index in [1.807, 2.05) is 6.92 Å². The van der Waals surface area contributed by atoms with Gasteiger partial charge < -0.3 is 30.9 Å². The van der Waals surface area contributed by atoms with Crippen LogP contribution in [-0.4, -0.2) is 78.9 Å². The summed E-state index contributed by atoms with van der Waals surface area (Å²) in [5.41, 5.74) is 0.619. The zero-order valence-corrected chi connectivity index (χ0v) is 20.9. The number of amides is 2. The van der Waals surface area contributed by atoms with Crippen LogP contribution in [0.3, 0.4) is 0 Å². The molecule has 5 rings (SSSR count). The van der Waals surface area contributed by atoms with E-state index in [0.29, 0.717) is 34.5 Å². The van der Waals surface area contributed by atoms with Gasteiger partial charge in [-0.1, -0.05) is 13.0 Å². The molecule has 0 aliphatic carbocycles. The summed E-state index contributed by atoms with van der Waals surface area (Å²) < 4.78 is 0. The third-order valence-electron chi connectivity index (χ3n) is 7.21. The molecule has 0 bridgehead atoms. The molecule has 5 N–H and O–H groups in total. The van der Waals surface area contributed by atoms with Gasteiger partial charge in [-0.2, -0.15) is 0 Å². The molecule has 0 unspecified atom stereocenters. The Morgan fingerprint density at radius 2 is 2.00 bits per heavy atom. The molecule has 11 nitrogen and oxygen atoms in total. The van der Waals surface area contributed by atoms with E-state index in [2.05, 4.69) is 15.6 Å². The Kier molecular flexibility index (Phi) is 6.42. The van der Waals surface area contributed by atoms with E-state index in [-0.39, 0.29) is 40.3 Å². The topological polar surface area (TPSA) is 169 Å². The van der Waals surface area contributed by atoms with Crippen molar-refractivity contribution >= 4 is 52.1 Å². The first-order chi connectivity index (χ1) is 17.6. The first kappa shape index (κ1) is 25.2.